The largest absolute Gasteiger partial charge is 0.480 e. The van der Waals surface area contributed by atoms with Gasteiger partial charge >= 0.3 is 5.97 Å². The Hall–Kier alpha value is -1.24. The molecule has 6 heteroatoms. The third-order valence-corrected chi connectivity index (χ3v) is 2.68. The fourth-order valence-corrected chi connectivity index (χ4v) is 1.47. The number of aliphatic carboxylic acids is 1. The highest BCUT2D eigenvalue weighted by Crippen LogP contribution is 2.03. The van der Waals surface area contributed by atoms with Crippen LogP contribution in [0.25, 0.3) is 0 Å². The van der Waals surface area contributed by atoms with E-state index in [9.17, 15) is 14.7 Å². The first-order chi connectivity index (χ1) is 9.52. The summed E-state index contributed by atoms with van der Waals surface area (Å²) < 4.78 is 0. The van der Waals surface area contributed by atoms with E-state index in [2.05, 4.69) is 12.4 Å². The number of aliphatic hydroxyl groups is 1. The monoisotopic (exact) mass is 287 g/mol. The molecule has 0 spiro atoms. The van der Waals surface area contributed by atoms with Gasteiger partial charge in [-0.3, -0.25) is 9.59 Å². The van der Waals surface area contributed by atoms with Crippen molar-refractivity contribution in [2.75, 3.05) is 6.61 Å². The number of hydrogen-bond donors (Lipinski definition) is 3. The summed E-state index contributed by atoms with van der Waals surface area (Å²) in [6.07, 6.45) is 4.88. The van der Waals surface area contributed by atoms with Gasteiger partial charge in [-0.1, -0.05) is 32.8 Å². The van der Waals surface area contributed by atoms with Gasteiger partial charge in [-0.15, -0.1) is 0 Å². The standard InChI is InChI=1S/C14H25NO5/c1-3-5-7-9-20-15-11(14(18)19)10-13(17)12(16)8-6-4-2/h6,8,11,13,15,17H,3-5,7,9-10H2,1-2H3,(H,18,19)/t11-,13?/m0/s1. The van der Waals surface area contributed by atoms with Gasteiger partial charge in [-0.25, -0.2) is 0 Å². The van der Waals surface area contributed by atoms with Gasteiger partial charge < -0.3 is 15.1 Å². The van der Waals surface area contributed by atoms with Gasteiger partial charge in [0.1, 0.15) is 12.1 Å². The molecule has 0 fully saturated rings. The molecule has 1 unspecified atom stereocenters. The van der Waals surface area contributed by atoms with Gasteiger partial charge in [0.15, 0.2) is 5.78 Å². The van der Waals surface area contributed by atoms with Crippen molar-refractivity contribution in [3.05, 3.63) is 12.2 Å². The molecule has 0 rings (SSSR count). The van der Waals surface area contributed by atoms with Crippen LogP contribution >= 0.6 is 0 Å². The minimum absolute atomic E-state index is 0.226. The molecule has 0 amide bonds. The van der Waals surface area contributed by atoms with Crippen LogP contribution in [0, 0.1) is 0 Å². The minimum atomic E-state index is -1.34. The van der Waals surface area contributed by atoms with E-state index in [4.69, 9.17) is 9.94 Å². The number of hydrogen-bond acceptors (Lipinski definition) is 5. The van der Waals surface area contributed by atoms with E-state index < -0.39 is 23.9 Å². The highest BCUT2D eigenvalue weighted by Gasteiger charge is 2.24. The molecule has 6 nitrogen and oxygen atoms in total. The van der Waals surface area contributed by atoms with E-state index in [1.54, 1.807) is 6.08 Å². The lowest BCUT2D eigenvalue weighted by Gasteiger charge is -2.16. The molecular formula is C14H25NO5. The SMILES string of the molecule is CCC=CC(=O)C(O)C[C@H](NOCCCCC)C(=O)O. The van der Waals surface area contributed by atoms with Crippen LogP contribution in [0.2, 0.25) is 0 Å². The molecule has 2 atom stereocenters. The lowest BCUT2D eigenvalue weighted by molar-refractivity contribution is -0.146. The molecule has 0 aromatic carbocycles. The number of unbranched alkanes of at least 4 members (excludes halogenated alkanes) is 2. The number of hydroxylamine groups is 1. The number of aliphatic hydroxyl groups excluding tert-OH is 1. The van der Waals surface area contributed by atoms with E-state index >= 15 is 0 Å². The average molecular weight is 287 g/mol. The summed E-state index contributed by atoms with van der Waals surface area (Å²) in [7, 11) is 0. The minimum Gasteiger partial charge on any atom is -0.480 e. The molecule has 0 radical (unpaired) electrons. The number of carbonyl (C=O) groups excluding carboxylic acids is 1. The third kappa shape index (κ3) is 8.79. The Kier molecular flexibility index (Phi) is 10.9. The molecular weight excluding hydrogens is 262 g/mol. The highest BCUT2D eigenvalue weighted by atomic mass is 16.6. The average Bonchev–Trinajstić information content (AvgIpc) is 2.42. The Morgan fingerprint density at radius 1 is 1.30 bits per heavy atom. The van der Waals surface area contributed by atoms with E-state index in [1.165, 1.54) is 6.08 Å². The first-order valence-electron chi connectivity index (χ1n) is 7.01. The fourth-order valence-electron chi connectivity index (χ4n) is 1.47. The molecule has 0 bridgehead atoms. The summed E-state index contributed by atoms with van der Waals surface area (Å²) in [4.78, 5) is 27.5. The second-order valence-electron chi connectivity index (χ2n) is 4.53. The second kappa shape index (κ2) is 11.6. The molecule has 0 aliphatic heterocycles. The Labute approximate surface area is 119 Å². The summed E-state index contributed by atoms with van der Waals surface area (Å²) in [5.74, 6) is -1.65. The van der Waals surface area contributed by atoms with Crippen molar-refractivity contribution in [1.29, 1.82) is 0 Å². The van der Waals surface area contributed by atoms with E-state index in [1.807, 2.05) is 6.92 Å². The lowest BCUT2D eigenvalue weighted by atomic mass is 10.1. The smallest absolute Gasteiger partial charge is 0.323 e. The predicted molar refractivity (Wildman–Crippen MR) is 75.1 cm³/mol. The molecule has 116 valence electrons. The summed E-state index contributed by atoms with van der Waals surface area (Å²) in [6.45, 7) is 4.32. The first kappa shape index (κ1) is 18.8. The van der Waals surface area contributed by atoms with Crippen molar-refractivity contribution in [3.63, 3.8) is 0 Å². The van der Waals surface area contributed by atoms with Crippen LogP contribution in [0.4, 0.5) is 0 Å². The predicted octanol–water partition coefficient (Wildman–Crippen LogP) is 1.44. The number of rotatable bonds is 12. The number of carboxylic acid groups (broad SMARTS) is 1. The van der Waals surface area contributed by atoms with Gasteiger partial charge in [0.05, 0.1) is 6.61 Å². The Morgan fingerprint density at radius 3 is 2.55 bits per heavy atom. The molecule has 0 heterocycles. The normalized spacial score (nSPS) is 14.3. The number of carboxylic acids is 1. The summed E-state index contributed by atoms with van der Waals surface area (Å²) in [5, 5.41) is 18.6. The summed E-state index contributed by atoms with van der Waals surface area (Å²) in [6, 6.07) is -1.11. The fraction of sp³-hybridized carbons (Fsp3) is 0.714. The zero-order chi connectivity index (χ0) is 15.4. The highest BCUT2D eigenvalue weighted by molar-refractivity contribution is 5.93. The van der Waals surface area contributed by atoms with Gasteiger partial charge in [0.2, 0.25) is 0 Å². The molecule has 3 N–H and O–H groups in total. The van der Waals surface area contributed by atoms with Crippen LogP contribution < -0.4 is 5.48 Å². The maximum absolute atomic E-state index is 11.5. The topological polar surface area (TPSA) is 95.9 Å². The molecule has 0 saturated carbocycles. The van der Waals surface area contributed by atoms with Crippen LogP contribution in [-0.2, 0) is 14.4 Å². The second-order valence-corrected chi connectivity index (χ2v) is 4.53. The van der Waals surface area contributed by atoms with Crippen molar-refractivity contribution in [3.8, 4) is 0 Å². The Balaban J connectivity index is 4.16. The molecule has 0 aliphatic rings. The lowest BCUT2D eigenvalue weighted by Crippen LogP contribution is -2.41. The Bertz CT molecular complexity index is 317. The zero-order valence-corrected chi connectivity index (χ0v) is 12.2. The van der Waals surface area contributed by atoms with Crippen molar-refractivity contribution >= 4 is 11.8 Å². The van der Waals surface area contributed by atoms with Crippen molar-refractivity contribution in [2.24, 2.45) is 0 Å². The van der Waals surface area contributed by atoms with Crippen molar-refractivity contribution < 1.29 is 24.6 Å². The van der Waals surface area contributed by atoms with Crippen LogP contribution in [0.1, 0.15) is 46.0 Å². The molecule has 0 aromatic heterocycles. The molecule has 20 heavy (non-hydrogen) atoms. The number of allylic oxidation sites excluding steroid dienone is 1. The van der Waals surface area contributed by atoms with Crippen LogP contribution in [0.15, 0.2) is 12.2 Å². The van der Waals surface area contributed by atoms with E-state index in [0.717, 1.165) is 19.3 Å². The van der Waals surface area contributed by atoms with Crippen LogP contribution in [0.3, 0.4) is 0 Å². The Morgan fingerprint density at radius 2 is 2.00 bits per heavy atom. The summed E-state index contributed by atoms with van der Waals surface area (Å²) >= 11 is 0. The third-order valence-electron chi connectivity index (χ3n) is 2.68. The first-order valence-corrected chi connectivity index (χ1v) is 7.01. The van der Waals surface area contributed by atoms with E-state index in [0.29, 0.717) is 13.0 Å². The van der Waals surface area contributed by atoms with E-state index in [-0.39, 0.29) is 6.42 Å². The van der Waals surface area contributed by atoms with Crippen molar-refractivity contribution in [2.45, 2.75) is 58.1 Å². The number of carbonyl (C=O) groups is 2. The molecule has 0 aliphatic carbocycles. The van der Waals surface area contributed by atoms with Crippen molar-refractivity contribution in [1.82, 2.24) is 5.48 Å². The number of nitrogens with one attached hydrogen (secondary N) is 1. The van der Waals surface area contributed by atoms with Gasteiger partial charge in [-0.05, 0) is 18.9 Å². The molecule has 0 saturated heterocycles. The maximum Gasteiger partial charge on any atom is 0.323 e. The zero-order valence-electron chi connectivity index (χ0n) is 12.2. The van der Waals surface area contributed by atoms with Gasteiger partial charge in [-0.2, -0.15) is 5.48 Å². The quantitative estimate of drug-likeness (QED) is 0.285. The summed E-state index contributed by atoms with van der Waals surface area (Å²) in [5.41, 5.74) is 2.38. The van der Waals surface area contributed by atoms with Crippen LogP contribution in [0.5, 0.6) is 0 Å². The maximum atomic E-state index is 11.5. The number of ketones is 1. The van der Waals surface area contributed by atoms with Gasteiger partial charge in [0, 0.05) is 6.42 Å². The molecule has 0 aromatic rings. The van der Waals surface area contributed by atoms with Crippen LogP contribution in [-0.4, -0.2) is 40.7 Å². The van der Waals surface area contributed by atoms with Gasteiger partial charge in [0.25, 0.3) is 0 Å².